The predicted octanol–water partition coefficient (Wildman–Crippen LogP) is 1.97. The molecule has 11 heavy (non-hydrogen) atoms. The highest BCUT2D eigenvalue weighted by Gasteiger charge is 2.02. The van der Waals surface area contributed by atoms with Gasteiger partial charge in [-0.15, -0.1) is 0 Å². The molecule has 0 saturated carbocycles. The first-order chi connectivity index (χ1) is 5.34. The maximum absolute atomic E-state index is 5.69. The van der Waals surface area contributed by atoms with Crippen molar-refractivity contribution < 1.29 is 0 Å². The van der Waals surface area contributed by atoms with Crippen molar-refractivity contribution in [3.8, 4) is 0 Å². The minimum atomic E-state index is 0.469. The maximum Gasteiger partial charge on any atom is 0.186 e. The summed E-state index contributed by atoms with van der Waals surface area (Å²) in [4.78, 5) is 0. The molecule has 0 aliphatic carbocycles. The number of hydrogen-bond acceptors (Lipinski definition) is 5. The van der Waals surface area contributed by atoms with Gasteiger partial charge in [-0.2, -0.15) is 20.5 Å². The number of nitrogens with one attached hydrogen (secondary N) is 1. The first kappa shape index (κ1) is 9.09. The third-order valence-electron chi connectivity index (χ3n) is 1.05. The van der Waals surface area contributed by atoms with Gasteiger partial charge in [0.05, 0.1) is 11.7 Å². The van der Waals surface area contributed by atoms with Crippen molar-refractivity contribution in [2.45, 2.75) is 0 Å². The van der Waals surface area contributed by atoms with Crippen molar-refractivity contribution in [3.05, 3.63) is 5.15 Å². The molecule has 0 bridgehead atoms. The molecule has 0 fully saturated rings. The van der Waals surface area contributed by atoms with E-state index in [9.17, 15) is 0 Å². The van der Waals surface area contributed by atoms with Crippen LogP contribution in [0.5, 0.6) is 0 Å². The molecular weight excluding hydrogens is 202 g/mol. The van der Waals surface area contributed by atoms with E-state index in [1.165, 1.54) is 0 Å². The van der Waals surface area contributed by atoms with Crippen molar-refractivity contribution in [1.29, 1.82) is 0 Å². The number of nitrogens with zero attached hydrogens (tertiary/aromatic N) is 2. The summed E-state index contributed by atoms with van der Waals surface area (Å²) in [6, 6.07) is 0. The summed E-state index contributed by atoms with van der Waals surface area (Å²) >= 11 is 8.59. The summed E-state index contributed by atoms with van der Waals surface area (Å²) in [5.74, 6) is 1.75. The van der Waals surface area contributed by atoms with Crippen LogP contribution < -0.4 is 5.32 Å². The summed E-state index contributed by atoms with van der Waals surface area (Å²) < 4.78 is 7.79. The Morgan fingerprint density at radius 1 is 1.64 bits per heavy atom. The van der Waals surface area contributed by atoms with Crippen LogP contribution in [-0.2, 0) is 0 Å². The maximum atomic E-state index is 5.69. The van der Waals surface area contributed by atoms with Gasteiger partial charge >= 0.3 is 0 Å². The molecule has 0 aliphatic heterocycles. The summed E-state index contributed by atoms with van der Waals surface area (Å²) in [7, 11) is 0. The highest BCUT2D eigenvalue weighted by Crippen LogP contribution is 2.17. The molecule has 3 nitrogen and oxygen atoms in total. The summed E-state index contributed by atoms with van der Waals surface area (Å²) in [5.41, 5.74) is 0. The molecule has 0 atom stereocenters. The van der Waals surface area contributed by atoms with Crippen LogP contribution >= 0.6 is 35.1 Å². The molecule has 1 aromatic heterocycles. The van der Waals surface area contributed by atoms with Gasteiger partial charge in [0.2, 0.25) is 0 Å². The Morgan fingerprint density at radius 3 is 3.00 bits per heavy atom. The fourth-order valence-corrected chi connectivity index (χ4v) is 1.54. The quantitative estimate of drug-likeness (QED) is 0.770. The number of halogens is 1. The van der Waals surface area contributed by atoms with Gasteiger partial charge in [0.25, 0.3) is 0 Å². The van der Waals surface area contributed by atoms with Gasteiger partial charge in [-0.25, -0.2) is 0 Å². The minimum Gasteiger partial charge on any atom is -0.366 e. The van der Waals surface area contributed by atoms with E-state index in [4.69, 9.17) is 11.6 Å². The van der Waals surface area contributed by atoms with Crippen LogP contribution in [0.2, 0.25) is 5.15 Å². The Hall–Kier alpha value is -0.0000000000000000555. The SMILES string of the molecule is CSCCNc1nsnc1Cl. The van der Waals surface area contributed by atoms with E-state index in [1.807, 2.05) is 0 Å². The van der Waals surface area contributed by atoms with Crippen molar-refractivity contribution in [3.63, 3.8) is 0 Å². The number of aromatic nitrogens is 2. The average molecular weight is 210 g/mol. The fourth-order valence-electron chi connectivity index (χ4n) is 0.555. The lowest BCUT2D eigenvalue weighted by molar-refractivity contribution is 1.20. The topological polar surface area (TPSA) is 37.8 Å². The fraction of sp³-hybridized carbons (Fsp3) is 0.600. The monoisotopic (exact) mass is 209 g/mol. The predicted molar refractivity (Wildman–Crippen MR) is 51.8 cm³/mol. The Labute approximate surface area is 78.9 Å². The van der Waals surface area contributed by atoms with E-state index in [-0.39, 0.29) is 0 Å². The van der Waals surface area contributed by atoms with Crippen LogP contribution in [-0.4, -0.2) is 27.3 Å². The Balaban J connectivity index is 2.32. The van der Waals surface area contributed by atoms with Crippen LogP contribution in [0.3, 0.4) is 0 Å². The van der Waals surface area contributed by atoms with Gasteiger partial charge in [-0.3, -0.25) is 0 Å². The third kappa shape index (κ3) is 2.84. The van der Waals surface area contributed by atoms with Crippen LogP contribution in [0, 0.1) is 0 Å². The van der Waals surface area contributed by atoms with Gasteiger partial charge < -0.3 is 5.32 Å². The smallest absolute Gasteiger partial charge is 0.186 e. The molecule has 1 aromatic rings. The molecule has 0 aromatic carbocycles. The van der Waals surface area contributed by atoms with Gasteiger partial charge in [-0.1, -0.05) is 11.6 Å². The molecule has 0 radical (unpaired) electrons. The van der Waals surface area contributed by atoms with Crippen LogP contribution in [0.1, 0.15) is 0 Å². The zero-order valence-electron chi connectivity index (χ0n) is 6.00. The highest BCUT2D eigenvalue weighted by molar-refractivity contribution is 7.98. The molecule has 0 aliphatic rings. The first-order valence-corrected chi connectivity index (χ1v) is 5.55. The van der Waals surface area contributed by atoms with E-state index < -0.39 is 0 Å². The molecule has 0 saturated heterocycles. The zero-order valence-corrected chi connectivity index (χ0v) is 8.39. The molecule has 1 rings (SSSR count). The molecule has 62 valence electrons. The van der Waals surface area contributed by atoms with Crippen LogP contribution in [0.25, 0.3) is 0 Å². The first-order valence-electron chi connectivity index (χ1n) is 3.05. The lowest BCUT2D eigenvalue weighted by Gasteiger charge is -1.98. The van der Waals surface area contributed by atoms with Gasteiger partial charge in [0.1, 0.15) is 0 Å². The lowest BCUT2D eigenvalue weighted by Crippen LogP contribution is -2.03. The van der Waals surface area contributed by atoms with E-state index in [0.717, 1.165) is 24.0 Å². The van der Waals surface area contributed by atoms with Gasteiger partial charge in [-0.05, 0) is 6.26 Å². The van der Waals surface area contributed by atoms with Crippen molar-refractivity contribution in [2.24, 2.45) is 0 Å². The molecule has 0 amide bonds. The van der Waals surface area contributed by atoms with Gasteiger partial charge in [0.15, 0.2) is 11.0 Å². The van der Waals surface area contributed by atoms with Crippen LogP contribution in [0.4, 0.5) is 5.82 Å². The second kappa shape index (κ2) is 4.79. The summed E-state index contributed by atoms with van der Waals surface area (Å²) in [6.07, 6.45) is 2.06. The number of thioether (sulfide) groups is 1. The molecular formula is C5H8ClN3S2. The van der Waals surface area contributed by atoms with Gasteiger partial charge in [0, 0.05) is 12.3 Å². The van der Waals surface area contributed by atoms with Crippen LogP contribution in [0.15, 0.2) is 0 Å². The molecule has 0 unspecified atom stereocenters. The number of hydrogen-bond donors (Lipinski definition) is 1. The van der Waals surface area contributed by atoms with E-state index >= 15 is 0 Å². The molecule has 0 spiro atoms. The number of anilines is 1. The Kier molecular flexibility index (Phi) is 3.96. The lowest BCUT2D eigenvalue weighted by atomic mass is 10.6. The normalized spacial score (nSPS) is 10.0. The number of rotatable bonds is 4. The summed E-state index contributed by atoms with van der Waals surface area (Å²) in [5, 5.41) is 3.55. The van der Waals surface area contributed by atoms with Crippen molar-refractivity contribution in [1.82, 2.24) is 8.75 Å². The molecule has 1 N–H and O–H groups in total. The Bertz CT molecular complexity index is 215. The average Bonchev–Trinajstić information content (AvgIpc) is 2.37. The third-order valence-corrected chi connectivity index (χ3v) is 2.55. The van der Waals surface area contributed by atoms with Crippen molar-refractivity contribution in [2.75, 3.05) is 23.9 Å². The summed E-state index contributed by atoms with van der Waals surface area (Å²) in [6.45, 7) is 0.881. The zero-order chi connectivity index (χ0) is 8.10. The van der Waals surface area contributed by atoms with E-state index in [1.54, 1.807) is 11.8 Å². The minimum absolute atomic E-state index is 0.469. The second-order valence-corrected chi connectivity index (χ2v) is 3.70. The van der Waals surface area contributed by atoms with Crippen molar-refractivity contribution >= 4 is 40.9 Å². The Morgan fingerprint density at radius 2 is 2.45 bits per heavy atom. The second-order valence-electron chi connectivity index (χ2n) is 1.82. The largest absolute Gasteiger partial charge is 0.366 e. The molecule has 1 heterocycles. The standard InChI is InChI=1S/C5H8ClN3S2/c1-10-3-2-7-5-4(6)8-11-9-5/h2-3H2,1H3,(H,7,9). The van der Waals surface area contributed by atoms with E-state index in [0.29, 0.717) is 11.0 Å². The molecule has 6 heteroatoms. The van der Waals surface area contributed by atoms with E-state index in [2.05, 4.69) is 20.3 Å². The highest BCUT2D eigenvalue weighted by atomic mass is 35.5.